The summed E-state index contributed by atoms with van der Waals surface area (Å²) in [5, 5.41) is 6.42. The third-order valence-corrected chi connectivity index (χ3v) is 11.8. The molecule has 3 amide bonds. The first-order chi connectivity index (χ1) is 23.2. The molecular weight excluding hydrogens is 602 g/mol. The number of piperazine rings is 1. The molecule has 2 aromatic rings. The van der Waals surface area contributed by atoms with Gasteiger partial charge < -0.3 is 25.2 Å². The Morgan fingerprint density at radius 3 is 2.48 bits per heavy atom. The van der Waals surface area contributed by atoms with Gasteiger partial charge in [-0.25, -0.2) is 0 Å². The van der Waals surface area contributed by atoms with E-state index in [9.17, 15) is 14.4 Å². The van der Waals surface area contributed by atoms with Gasteiger partial charge in [0.1, 0.15) is 11.6 Å². The van der Waals surface area contributed by atoms with E-state index in [2.05, 4.69) is 64.6 Å². The molecule has 256 valence electrons. The first-order valence-electron chi connectivity index (χ1n) is 18.1. The van der Waals surface area contributed by atoms with Crippen LogP contribution in [-0.2, 0) is 25.7 Å². The van der Waals surface area contributed by atoms with Crippen LogP contribution in [0.2, 0.25) is 0 Å². The maximum atomic E-state index is 14.4. The molecule has 0 unspecified atom stereocenters. The van der Waals surface area contributed by atoms with Crippen LogP contribution in [-0.4, -0.2) is 95.5 Å². The van der Waals surface area contributed by atoms with E-state index >= 15 is 0 Å². The second kappa shape index (κ2) is 13.8. The molecule has 9 heteroatoms. The standard InChI is InChI=1S/C39H51N5O4/c1-26-10-7-14-30(24-26)40-36(45)33-32-16-17-39(48-32)34(33)38(47)44(35(39)37(46)41-31-15-8-11-27(2)28(31)3)19-9-18-42-20-22-43(23-21-42)25-29-12-5-4-6-13-29/h4-7,10,12-14,16-17,24,27-28,31-35H,8-9,11,15,18-23,25H2,1-3H3,(H,40,45)(H,41,46)/t27-,28+,31-,32-,33+,34-,35-,39-/m1/s1. The fourth-order valence-electron chi connectivity index (χ4n) is 8.98. The maximum Gasteiger partial charge on any atom is 0.246 e. The summed E-state index contributed by atoms with van der Waals surface area (Å²) < 4.78 is 6.60. The van der Waals surface area contributed by atoms with Crippen LogP contribution in [0.15, 0.2) is 66.7 Å². The zero-order valence-electron chi connectivity index (χ0n) is 28.6. The lowest BCUT2D eigenvalue weighted by Crippen LogP contribution is -2.58. The molecule has 3 saturated heterocycles. The lowest BCUT2D eigenvalue weighted by molar-refractivity contribution is -0.141. The van der Waals surface area contributed by atoms with Gasteiger partial charge in [-0.1, -0.05) is 81.3 Å². The third-order valence-electron chi connectivity index (χ3n) is 11.8. The van der Waals surface area contributed by atoms with Crippen molar-refractivity contribution in [2.45, 2.75) is 76.8 Å². The summed E-state index contributed by atoms with van der Waals surface area (Å²) in [5.74, 6) is -1.10. The van der Waals surface area contributed by atoms with Crippen molar-refractivity contribution in [1.29, 1.82) is 0 Å². The van der Waals surface area contributed by atoms with Crippen molar-refractivity contribution >= 4 is 23.4 Å². The Balaban J connectivity index is 1.06. The average Bonchev–Trinajstić information content (AvgIpc) is 3.72. The molecule has 4 aliphatic heterocycles. The molecule has 1 spiro atoms. The predicted octanol–water partition coefficient (Wildman–Crippen LogP) is 4.23. The first-order valence-corrected chi connectivity index (χ1v) is 18.1. The minimum absolute atomic E-state index is 0.0591. The molecule has 0 radical (unpaired) electrons. The molecule has 2 N–H and O–H groups in total. The van der Waals surface area contributed by atoms with Crippen LogP contribution >= 0.6 is 0 Å². The molecule has 8 atom stereocenters. The van der Waals surface area contributed by atoms with Gasteiger partial charge in [-0.15, -0.1) is 0 Å². The lowest BCUT2D eigenvalue weighted by atomic mass is 9.73. The van der Waals surface area contributed by atoms with Crippen LogP contribution in [0.3, 0.4) is 0 Å². The highest BCUT2D eigenvalue weighted by Gasteiger charge is 2.72. The van der Waals surface area contributed by atoms with E-state index in [1.807, 2.05) is 43.3 Å². The number of hydrogen-bond donors (Lipinski definition) is 2. The number of likely N-dealkylation sites (tertiary alicyclic amines) is 1. The minimum atomic E-state index is -1.15. The first kappa shape index (κ1) is 33.0. The monoisotopic (exact) mass is 653 g/mol. The van der Waals surface area contributed by atoms with Crippen molar-refractivity contribution < 1.29 is 19.1 Å². The Kier molecular flexibility index (Phi) is 9.46. The fraction of sp³-hybridized carbons (Fsp3) is 0.564. The van der Waals surface area contributed by atoms with E-state index in [4.69, 9.17) is 4.74 Å². The largest absolute Gasteiger partial charge is 0.359 e. The van der Waals surface area contributed by atoms with Crippen molar-refractivity contribution in [3.05, 3.63) is 77.9 Å². The Hall–Kier alpha value is -3.53. The van der Waals surface area contributed by atoms with E-state index in [0.717, 1.165) is 64.1 Å². The van der Waals surface area contributed by atoms with Gasteiger partial charge in [0.25, 0.3) is 0 Å². The number of carbonyl (C=O) groups is 3. The van der Waals surface area contributed by atoms with Gasteiger partial charge in [-0.2, -0.15) is 0 Å². The highest BCUT2D eigenvalue weighted by molar-refractivity contribution is 6.02. The number of ether oxygens (including phenoxy) is 1. The number of benzene rings is 2. The van der Waals surface area contributed by atoms with Crippen LogP contribution in [0.5, 0.6) is 0 Å². The zero-order valence-corrected chi connectivity index (χ0v) is 28.6. The van der Waals surface area contributed by atoms with Crippen molar-refractivity contribution in [3.8, 4) is 0 Å². The molecule has 4 fully saturated rings. The van der Waals surface area contributed by atoms with Crippen molar-refractivity contribution in [2.75, 3.05) is 44.6 Å². The van der Waals surface area contributed by atoms with Gasteiger partial charge in [0.2, 0.25) is 17.7 Å². The van der Waals surface area contributed by atoms with E-state index in [1.54, 1.807) is 4.90 Å². The Labute approximate surface area is 285 Å². The number of amides is 3. The smallest absolute Gasteiger partial charge is 0.246 e. The second-order valence-electron chi connectivity index (χ2n) is 14.9. The van der Waals surface area contributed by atoms with Crippen molar-refractivity contribution in [3.63, 3.8) is 0 Å². The highest BCUT2D eigenvalue weighted by Crippen LogP contribution is 2.55. The number of rotatable bonds is 10. The van der Waals surface area contributed by atoms with Gasteiger partial charge in [0, 0.05) is 51.0 Å². The quantitative estimate of drug-likeness (QED) is 0.373. The highest BCUT2D eigenvalue weighted by atomic mass is 16.5. The van der Waals surface area contributed by atoms with Crippen LogP contribution in [0, 0.1) is 30.6 Å². The van der Waals surface area contributed by atoms with E-state index in [-0.39, 0.29) is 23.8 Å². The summed E-state index contributed by atoms with van der Waals surface area (Å²) in [6, 6.07) is 17.5. The second-order valence-corrected chi connectivity index (χ2v) is 14.9. The Bertz CT molecular complexity index is 1520. The number of carbonyl (C=O) groups excluding carboxylic acids is 3. The number of anilines is 1. The maximum absolute atomic E-state index is 14.4. The summed E-state index contributed by atoms with van der Waals surface area (Å²) in [4.78, 5) is 49.4. The third kappa shape index (κ3) is 6.32. The molecule has 7 rings (SSSR count). The summed E-state index contributed by atoms with van der Waals surface area (Å²) >= 11 is 0. The average molecular weight is 654 g/mol. The van der Waals surface area contributed by atoms with Crippen LogP contribution in [0.4, 0.5) is 5.69 Å². The molecule has 1 aliphatic carbocycles. The van der Waals surface area contributed by atoms with Crippen molar-refractivity contribution in [2.24, 2.45) is 23.7 Å². The molecule has 0 aromatic heterocycles. The molecule has 2 bridgehead atoms. The fourth-order valence-corrected chi connectivity index (χ4v) is 8.98. The van der Waals surface area contributed by atoms with Gasteiger partial charge in [-0.05, 0) is 61.4 Å². The topological polar surface area (TPSA) is 94.2 Å². The number of hydrogen-bond acceptors (Lipinski definition) is 6. The number of nitrogens with zero attached hydrogens (tertiary/aromatic N) is 3. The summed E-state index contributed by atoms with van der Waals surface area (Å²) in [6.45, 7) is 12.7. The van der Waals surface area contributed by atoms with Gasteiger partial charge >= 0.3 is 0 Å². The molecule has 2 aromatic carbocycles. The Morgan fingerprint density at radius 1 is 0.938 bits per heavy atom. The van der Waals surface area contributed by atoms with Crippen LogP contribution in [0.25, 0.3) is 0 Å². The Morgan fingerprint density at radius 2 is 1.71 bits per heavy atom. The minimum Gasteiger partial charge on any atom is -0.359 e. The summed E-state index contributed by atoms with van der Waals surface area (Å²) in [5.41, 5.74) is 1.92. The number of fused-ring (bicyclic) bond motifs is 1. The van der Waals surface area contributed by atoms with Crippen LogP contribution < -0.4 is 10.6 Å². The van der Waals surface area contributed by atoms with E-state index in [0.29, 0.717) is 24.1 Å². The predicted molar refractivity (Wildman–Crippen MR) is 186 cm³/mol. The molecule has 48 heavy (non-hydrogen) atoms. The molecule has 4 heterocycles. The summed E-state index contributed by atoms with van der Waals surface area (Å²) in [6.07, 6.45) is 7.21. The normalized spacial score (nSPS) is 33.2. The van der Waals surface area contributed by atoms with Gasteiger partial charge in [0.05, 0.1) is 17.9 Å². The van der Waals surface area contributed by atoms with E-state index in [1.165, 1.54) is 12.0 Å². The molecule has 5 aliphatic rings. The van der Waals surface area contributed by atoms with Gasteiger partial charge in [0.15, 0.2) is 0 Å². The van der Waals surface area contributed by atoms with Gasteiger partial charge in [-0.3, -0.25) is 19.3 Å². The van der Waals surface area contributed by atoms with Crippen LogP contribution in [0.1, 0.15) is 50.7 Å². The molecule has 1 saturated carbocycles. The lowest BCUT2D eigenvalue weighted by Gasteiger charge is -2.38. The molecule has 9 nitrogen and oxygen atoms in total. The molecular formula is C39H51N5O4. The number of nitrogens with one attached hydrogen (secondary N) is 2. The number of aryl methyl sites for hydroxylation is 1. The summed E-state index contributed by atoms with van der Waals surface area (Å²) in [7, 11) is 0. The van der Waals surface area contributed by atoms with E-state index < -0.39 is 29.6 Å². The van der Waals surface area contributed by atoms with Crippen molar-refractivity contribution in [1.82, 2.24) is 20.0 Å². The zero-order chi connectivity index (χ0) is 33.4. The SMILES string of the molecule is Cc1cccc(NC(=O)[C@H]2[C@H]3C=C[C@@]4(O3)[C@H]2C(=O)N(CCCN2CCN(Cc3ccccc3)CC2)[C@@H]4C(=O)N[C@@H]2CCC[C@@H](C)[C@@H]2C)c1.